The number of rotatable bonds is 7. The zero-order valence-electron chi connectivity index (χ0n) is 25.4. The van der Waals surface area contributed by atoms with Gasteiger partial charge in [0.15, 0.2) is 22.4 Å². The van der Waals surface area contributed by atoms with E-state index in [0.29, 0.717) is 19.4 Å². The molecule has 0 radical (unpaired) electrons. The van der Waals surface area contributed by atoms with E-state index in [1.165, 1.54) is 7.11 Å². The van der Waals surface area contributed by atoms with Gasteiger partial charge in [-0.15, -0.1) is 0 Å². The molecule has 3 fully saturated rings. The molecule has 2 bridgehead atoms. The third-order valence-corrected chi connectivity index (χ3v) is 20.0. The Morgan fingerprint density at radius 1 is 0.944 bits per heavy atom. The van der Waals surface area contributed by atoms with Gasteiger partial charge >= 0.3 is 5.97 Å². The SMILES string of the molecule is COC(=O)C1C[C@]23O[C@@]1(OC)CC[C@@]2(C)[C@@H](O[Si](C)(C)C(C)(C)C)CC[C@H]3CO[Si](C)(C)C(C)(C)C. The number of fused-ring (bicyclic) bond motifs is 1. The minimum Gasteiger partial charge on any atom is -0.469 e. The molecule has 1 saturated carbocycles. The molecule has 0 aromatic carbocycles. The van der Waals surface area contributed by atoms with Crippen molar-refractivity contribution < 1.29 is 27.9 Å². The number of methoxy groups -OCH3 is 2. The largest absolute Gasteiger partial charge is 0.469 e. The lowest BCUT2D eigenvalue weighted by molar-refractivity contribution is -0.338. The highest BCUT2D eigenvalue weighted by Crippen LogP contribution is 2.67. The van der Waals surface area contributed by atoms with Crippen LogP contribution in [0.5, 0.6) is 0 Å². The molecule has 0 amide bonds. The van der Waals surface area contributed by atoms with Crippen molar-refractivity contribution in [2.75, 3.05) is 20.8 Å². The third kappa shape index (κ3) is 4.70. The summed E-state index contributed by atoms with van der Waals surface area (Å²) in [5.41, 5.74) is -0.805. The highest BCUT2D eigenvalue weighted by Gasteiger charge is 2.74. The number of esters is 1. The van der Waals surface area contributed by atoms with E-state index in [-0.39, 0.29) is 33.5 Å². The summed E-state index contributed by atoms with van der Waals surface area (Å²) in [7, 11) is -0.839. The van der Waals surface area contributed by atoms with E-state index in [9.17, 15) is 4.79 Å². The number of hydrogen-bond acceptors (Lipinski definition) is 6. The first kappa shape index (κ1) is 30.3. The topological polar surface area (TPSA) is 63.2 Å². The smallest absolute Gasteiger partial charge is 0.314 e. The summed E-state index contributed by atoms with van der Waals surface area (Å²) in [6.45, 7) is 26.0. The number of carbonyl (C=O) groups is 1. The Kier molecular flexibility index (Phi) is 7.94. The maximum atomic E-state index is 13.1. The van der Waals surface area contributed by atoms with Crippen LogP contribution in [0, 0.1) is 17.3 Å². The summed E-state index contributed by atoms with van der Waals surface area (Å²) in [5.74, 6) is -1.47. The Bertz CT molecular complexity index is 831. The van der Waals surface area contributed by atoms with E-state index >= 15 is 0 Å². The molecule has 2 heterocycles. The lowest BCUT2D eigenvalue weighted by Gasteiger charge is -2.62. The highest BCUT2D eigenvalue weighted by atomic mass is 28.4. The van der Waals surface area contributed by atoms with Crippen LogP contribution in [-0.4, -0.2) is 60.9 Å². The molecule has 36 heavy (non-hydrogen) atoms. The van der Waals surface area contributed by atoms with Crippen LogP contribution in [0.3, 0.4) is 0 Å². The molecule has 1 unspecified atom stereocenters. The summed E-state index contributed by atoms with van der Waals surface area (Å²) >= 11 is 0. The van der Waals surface area contributed by atoms with E-state index in [1.807, 2.05) is 0 Å². The fourth-order valence-electron chi connectivity index (χ4n) is 6.31. The van der Waals surface area contributed by atoms with Gasteiger partial charge in [-0.2, -0.15) is 0 Å². The van der Waals surface area contributed by atoms with E-state index in [4.69, 9.17) is 23.1 Å². The Morgan fingerprint density at radius 2 is 1.53 bits per heavy atom. The molecule has 0 N–H and O–H groups in total. The molecule has 3 aliphatic rings. The molecule has 2 aliphatic heterocycles. The zero-order chi connectivity index (χ0) is 27.6. The summed E-state index contributed by atoms with van der Waals surface area (Å²) in [5, 5.41) is 0.249. The molecular weight excluding hydrogens is 488 g/mol. The number of carbonyl (C=O) groups excluding carboxylic acids is 1. The van der Waals surface area contributed by atoms with Gasteiger partial charge in [0.2, 0.25) is 0 Å². The monoisotopic (exact) mass is 542 g/mol. The molecule has 3 rings (SSSR count). The lowest BCUT2D eigenvalue weighted by Crippen LogP contribution is -2.67. The van der Waals surface area contributed by atoms with Crippen molar-refractivity contribution in [1.29, 1.82) is 0 Å². The Morgan fingerprint density at radius 3 is 2.03 bits per heavy atom. The normalized spacial score (nSPS) is 37.5. The van der Waals surface area contributed by atoms with Crippen LogP contribution in [-0.2, 0) is 27.9 Å². The predicted molar refractivity (Wildman–Crippen MR) is 149 cm³/mol. The van der Waals surface area contributed by atoms with Crippen molar-refractivity contribution in [1.82, 2.24) is 0 Å². The Hall–Kier alpha value is -0.256. The second kappa shape index (κ2) is 9.44. The van der Waals surface area contributed by atoms with Crippen LogP contribution >= 0.6 is 0 Å². The predicted octanol–water partition coefficient (Wildman–Crippen LogP) is 6.90. The van der Waals surface area contributed by atoms with Crippen molar-refractivity contribution in [2.24, 2.45) is 17.3 Å². The van der Waals surface area contributed by atoms with Gasteiger partial charge in [-0.1, -0.05) is 48.5 Å². The van der Waals surface area contributed by atoms with Crippen LogP contribution in [0.4, 0.5) is 0 Å². The number of hydrogen-bond donors (Lipinski definition) is 0. The van der Waals surface area contributed by atoms with Gasteiger partial charge < -0.3 is 23.1 Å². The van der Waals surface area contributed by atoms with Gasteiger partial charge in [-0.3, -0.25) is 4.79 Å². The maximum Gasteiger partial charge on any atom is 0.314 e. The first-order chi connectivity index (χ1) is 16.2. The van der Waals surface area contributed by atoms with Crippen molar-refractivity contribution in [3.8, 4) is 0 Å². The van der Waals surface area contributed by atoms with Gasteiger partial charge in [0.25, 0.3) is 0 Å². The first-order valence-electron chi connectivity index (χ1n) is 13.9. The Balaban J connectivity index is 2.05. The van der Waals surface area contributed by atoms with E-state index in [0.717, 1.165) is 19.3 Å². The zero-order valence-corrected chi connectivity index (χ0v) is 27.4. The van der Waals surface area contributed by atoms with Crippen LogP contribution in [0.25, 0.3) is 0 Å². The van der Waals surface area contributed by atoms with Gasteiger partial charge in [-0.25, -0.2) is 0 Å². The summed E-state index contributed by atoms with van der Waals surface area (Å²) < 4.78 is 32.4. The van der Waals surface area contributed by atoms with Gasteiger partial charge in [0.1, 0.15) is 5.92 Å². The van der Waals surface area contributed by atoms with Gasteiger partial charge in [0.05, 0.1) is 18.8 Å². The van der Waals surface area contributed by atoms with Gasteiger partial charge in [-0.05, 0) is 61.9 Å². The molecule has 6 nitrogen and oxygen atoms in total. The maximum absolute atomic E-state index is 13.1. The highest BCUT2D eigenvalue weighted by molar-refractivity contribution is 6.74. The van der Waals surface area contributed by atoms with Crippen LogP contribution in [0.15, 0.2) is 0 Å². The second-order valence-electron chi connectivity index (χ2n) is 14.9. The molecule has 0 aromatic rings. The van der Waals surface area contributed by atoms with Gasteiger partial charge in [0, 0.05) is 31.5 Å². The molecule has 2 saturated heterocycles. The molecular formula is C28H54O6Si2. The van der Waals surface area contributed by atoms with E-state index in [2.05, 4.69) is 74.7 Å². The van der Waals surface area contributed by atoms with Crippen LogP contribution < -0.4 is 0 Å². The van der Waals surface area contributed by atoms with E-state index in [1.54, 1.807) is 7.11 Å². The average Bonchev–Trinajstić information content (AvgIpc) is 3.05. The summed E-state index contributed by atoms with van der Waals surface area (Å²) in [6, 6.07) is 0. The van der Waals surface area contributed by atoms with Crippen molar-refractivity contribution in [3.63, 3.8) is 0 Å². The summed E-state index contributed by atoms with van der Waals surface area (Å²) in [4.78, 5) is 13.1. The van der Waals surface area contributed by atoms with Crippen LogP contribution in [0.1, 0.15) is 80.6 Å². The van der Waals surface area contributed by atoms with Crippen molar-refractivity contribution in [3.05, 3.63) is 0 Å². The van der Waals surface area contributed by atoms with E-state index < -0.39 is 33.9 Å². The van der Waals surface area contributed by atoms with Crippen molar-refractivity contribution >= 4 is 22.6 Å². The molecule has 1 aliphatic carbocycles. The molecule has 210 valence electrons. The fraction of sp³-hybridized carbons (Fsp3) is 0.964. The first-order valence-corrected chi connectivity index (χ1v) is 19.7. The summed E-state index contributed by atoms with van der Waals surface area (Å²) in [6.07, 6.45) is 4.17. The molecule has 8 heteroatoms. The quantitative estimate of drug-likeness (QED) is 0.258. The molecule has 1 spiro atoms. The molecule has 6 atom stereocenters. The second-order valence-corrected chi connectivity index (χ2v) is 24.5. The standard InChI is InChI=1S/C28H54O6Si2/c1-24(2,3)35(10,11)32-19-20-14-15-22(33-36(12,13)25(4,5)6)26(7)16-17-28(31-9)21(23(29)30-8)18-27(20,26)34-28/h20-22H,14-19H2,1-13H3/t20-,21?,22-,26-,27+,28-/m0/s1. The number of ether oxygens (including phenoxy) is 3. The minimum absolute atomic E-state index is 0.0776. The average molecular weight is 543 g/mol. The van der Waals surface area contributed by atoms with Crippen molar-refractivity contribution in [2.45, 2.75) is 134 Å². The Labute approximate surface area is 222 Å². The lowest BCUT2D eigenvalue weighted by atomic mass is 9.55. The fourth-order valence-corrected chi connectivity index (χ4v) is 8.80. The third-order valence-electron chi connectivity index (χ3n) is 11.0. The molecule has 0 aromatic heterocycles. The van der Waals surface area contributed by atoms with Crippen LogP contribution in [0.2, 0.25) is 36.3 Å². The minimum atomic E-state index is -2.02.